The zero-order valence-electron chi connectivity index (χ0n) is 12.5. The van der Waals surface area contributed by atoms with E-state index in [4.69, 9.17) is 11.6 Å². The Morgan fingerprint density at radius 1 is 1.23 bits per heavy atom. The molecule has 1 amide bonds. The van der Waals surface area contributed by atoms with Gasteiger partial charge in [0.05, 0.1) is 12.1 Å². The molecule has 1 atom stereocenters. The Morgan fingerprint density at radius 3 is 2.77 bits per heavy atom. The fourth-order valence-corrected chi connectivity index (χ4v) is 3.96. The molecule has 0 saturated carbocycles. The van der Waals surface area contributed by atoms with E-state index in [-0.39, 0.29) is 5.91 Å². The lowest BCUT2D eigenvalue weighted by Crippen LogP contribution is -2.33. The Balaban J connectivity index is 1.87. The number of carbonyl (C=O) groups excluding carboxylic acids is 1. The zero-order chi connectivity index (χ0) is 15.5. The normalized spacial score (nSPS) is 17.7. The largest absolute Gasteiger partial charge is 0.311 e. The molecule has 0 spiro atoms. The van der Waals surface area contributed by atoms with Crippen LogP contribution in [0.4, 0.5) is 5.69 Å². The Kier molecular flexibility index (Phi) is 4.74. The first-order valence-electron chi connectivity index (χ1n) is 7.44. The standard InChI is InChI=1S/C18H18ClNOS/c1-13-10-11-20(16-8-4-5-9-17(16)22-13)18(21)12-14-6-2-3-7-15(14)19/h2-9,13H,10-12H2,1H3. The van der Waals surface area contributed by atoms with Crippen LogP contribution in [0.3, 0.4) is 0 Å². The molecule has 1 aliphatic heterocycles. The van der Waals surface area contributed by atoms with Crippen LogP contribution in [0.5, 0.6) is 0 Å². The lowest BCUT2D eigenvalue weighted by molar-refractivity contribution is -0.118. The fourth-order valence-electron chi connectivity index (χ4n) is 2.65. The number of rotatable bonds is 2. The Labute approximate surface area is 140 Å². The number of hydrogen-bond donors (Lipinski definition) is 0. The van der Waals surface area contributed by atoms with Gasteiger partial charge in [0.1, 0.15) is 0 Å². The van der Waals surface area contributed by atoms with Crippen LogP contribution in [-0.4, -0.2) is 17.7 Å². The average Bonchev–Trinajstić information content (AvgIpc) is 2.68. The summed E-state index contributed by atoms with van der Waals surface area (Å²) in [5, 5.41) is 1.17. The second kappa shape index (κ2) is 6.76. The van der Waals surface area contributed by atoms with Crippen molar-refractivity contribution >= 4 is 35.0 Å². The van der Waals surface area contributed by atoms with E-state index in [0.29, 0.717) is 16.7 Å². The SMILES string of the molecule is CC1CCN(C(=O)Cc2ccccc2Cl)c2ccccc2S1. The molecule has 22 heavy (non-hydrogen) atoms. The number of nitrogens with zero attached hydrogens (tertiary/aromatic N) is 1. The topological polar surface area (TPSA) is 20.3 Å². The van der Waals surface area contributed by atoms with Gasteiger partial charge in [-0.25, -0.2) is 0 Å². The summed E-state index contributed by atoms with van der Waals surface area (Å²) in [6, 6.07) is 15.7. The van der Waals surface area contributed by atoms with E-state index in [1.54, 1.807) is 0 Å². The molecule has 114 valence electrons. The lowest BCUT2D eigenvalue weighted by atomic mass is 10.1. The smallest absolute Gasteiger partial charge is 0.231 e. The molecule has 1 aliphatic rings. The van der Waals surface area contributed by atoms with Crippen LogP contribution in [0.15, 0.2) is 53.4 Å². The number of anilines is 1. The third kappa shape index (κ3) is 3.31. The first kappa shape index (κ1) is 15.4. The quantitative estimate of drug-likeness (QED) is 0.787. The highest BCUT2D eigenvalue weighted by Crippen LogP contribution is 2.37. The highest BCUT2D eigenvalue weighted by atomic mass is 35.5. The Morgan fingerprint density at radius 2 is 1.95 bits per heavy atom. The van der Waals surface area contributed by atoms with E-state index in [9.17, 15) is 4.79 Å². The molecule has 0 radical (unpaired) electrons. The number of hydrogen-bond acceptors (Lipinski definition) is 2. The summed E-state index contributed by atoms with van der Waals surface area (Å²) in [6.07, 6.45) is 1.33. The van der Waals surface area contributed by atoms with Crippen LogP contribution in [0.25, 0.3) is 0 Å². The molecule has 1 heterocycles. The Bertz CT molecular complexity index is 688. The maximum atomic E-state index is 12.8. The predicted molar refractivity (Wildman–Crippen MR) is 93.9 cm³/mol. The second-order valence-electron chi connectivity index (χ2n) is 5.50. The van der Waals surface area contributed by atoms with Crippen LogP contribution >= 0.6 is 23.4 Å². The summed E-state index contributed by atoms with van der Waals surface area (Å²) in [5.74, 6) is 0.107. The van der Waals surface area contributed by atoms with E-state index in [0.717, 1.165) is 24.2 Å². The molecule has 2 aromatic rings. The van der Waals surface area contributed by atoms with Gasteiger partial charge in [-0.05, 0) is 30.2 Å². The maximum absolute atomic E-state index is 12.8. The van der Waals surface area contributed by atoms with Gasteiger partial charge in [-0.3, -0.25) is 4.79 Å². The number of thioether (sulfide) groups is 1. The van der Waals surface area contributed by atoms with Crippen LogP contribution in [0.1, 0.15) is 18.9 Å². The van der Waals surface area contributed by atoms with E-state index < -0.39 is 0 Å². The van der Waals surface area contributed by atoms with Gasteiger partial charge in [-0.1, -0.05) is 48.9 Å². The first-order chi connectivity index (χ1) is 10.6. The van der Waals surface area contributed by atoms with Crippen molar-refractivity contribution in [2.24, 2.45) is 0 Å². The van der Waals surface area contributed by atoms with Crippen LogP contribution in [0.2, 0.25) is 5.02 Å². The van der Waals surface area contributed by atoms with Gasteiger partial charge in [-0.2, -0.15) is 0 Å². The molecule has 4 heteroatoms. The summed E-state index contributed by atoms with van der Waals surface area (Å²) in [7, 11) is 0. The molecular formula is C18H18ClNOS. The van der Waals surface area contributed by atoms with Crippen LogP contribution < -0.4 is 4.90 Å². The summed E-state index contributed by atoms with van der Waals surface area (Å²) in [6.45, 7) is 2.97. The zero-order valence-corrected chi connectivity index (χ0v) is 14.0. The summed E-state index contributed by atoms with van der Waals surface area (Å²) in [5.41, 5.74) is 1.91. The number of benzene rings is 2. The number of fused-ring (bicyclic) bond motifs is 1. The van der Waals surface area contributed by atoms with Gasteiger partial charge < -0.3 is 4.90 Å². The van der Waals surface area contributed by atoms with Gasteiger partial charge in [0.15, 0.2) is 0 Å². The molecule has 3 rings (SSSR count). The molecular weight excluding hydrogens is 314 g/mol. The molecule has 2 nitrogen and oxygen atoms in total. The van der Waals surface area contributed by atoms with Gasteiger partial charge in [0.2, 0.25) is 5.91 Å². The van der Waals surface area contributed by atoms with Crippen LogP contribution in [0, 0.1) is 0 Å². The van der Waals surface area contributed by atoms with Crippen molar-refractivity contribution in [3.63, 3.8) is 0 Å². The molecule has 0 fully saturated rings. The molecule has 0 N–H and O–H groups in total. The minimum atomic E-state index is 0.107. The predicted octanol–water partition coefficient (Wildman–Crippen LogP) is 4.80. The fraction of sp³-hybridized carbons (Fsp3) is 0.278. The second-order valence-corrected chi connectivity index (χ2v) is 7.39. The molecule has 1 unspecified atom stereocenters. The first-order valence-corrected chi connectivity index (χ1v) is 8.70. The van der Waals surface area contributed by atoms with E-state index >= 15 is 0 Å². The average molecular weight is 332 g/mol. The highest BCUT2D eigenvalue weighted by Gasteiger charge is 2.24. The number of para-hydroxylation sites is 1. The van der Waals surface area contributed by atoms with Crippen molar-refractivity contribution in [2.75, 3.05) is 11.4 Å². The van der Waals surface area contributed by atoms with Crippen molar-refractivity contribution in [3.8, 4) is 0 Å². The van der Waals surface area contributed by atoms with Crippen molar-refractivity contribution in [2.45, 2.75) is 29.9 Å². The summed E-state index contributed by atoms with van der Waals surface area (Å²) < 4.78 is 0. The van der Waals surface area contributed by atoms with Crippen molar-refractivity contribution in [1.82, 2.24) is 0 Å². The maximum Gasteiger partial charge on any atom is 0.231 e. The van der Waals surface area contributed by atoms with Crippen LogP contribution in [-0.2, 0) is 11.2 Å². The van der Waals surface area contributed by atoms with E-state index in [2.05, 4.69) is 13.0 Å². The van der Waals surface area contributed by atoms with Gasteiger partial charge in [0, 0.05) is 21.7 Å². The van der Waals surface area contributed by atoms with Gasteiger partial charge in [-0.15, -0.1) is 11.8 Å². The molecule has 0 saturated heterocycles. The lowest BCUT2D eigenvalue weighted by Gasteiger charge is -2.22. The van der Waals surface area contributed by atoms with Gasteiger partial charge >= 0.3 is 0 Å². The third-order valence-electron chi connectivity index (χ3n) is 3.84. The van der Waals surface area contributed by atoms with E-state index in [1.807, 2.05) is 59.1 Å². The highest BCUT2D eigenvalue weighted by molar-refractivity contribution is 8.00. The summed E-state index contributed by atoms with van der Waals surface area (Å²) in [4.78, 5) is 15.9. The minimum Gasteiger partial charge on any atom is -0.311 e. The molecule has 2 aromatic carbocycles. The molecule has 0 aromatic heterocycles. The van der Waals surface area contributed by atoms with Gasteiger partial charge in [0.25, 0.3) is 0 Å². The minimum absolute atomic E-state index is 0.107. The number of halogens is 1. The molecule has 0 aliphatic carbocycles. The third-order valence-corrected chi connectivity index (χ3v) is 5.45. The van der Waals surface area contributed by atoms with E-state index in [1.165, 1.54) is 4.90 Å². The Hall–Kier alpha value is -1.45. The number of carbonyl (C=O) groups is 1. The van der Waals surface area contributed by atoms with Crippen molar-refractivity contribution in [3.05, 3.63) is 59.1 Å². The summed E-state index contributed by atoms with van der Waals surface area (Å²) >= 11 is 8.03. The monoisotopic (exact) mass is 331 g/mol. The molecule has 0 bridgehead atoms. The van der Waals surface area contributed by atoms with Crippen molar-refractivity contribution < 1.29 is 4.79 Å². The number of amides is 1. The van der Waals surface area contributed by atoms with Crippen molar-refractivity contribution in [1.29, 1.82) is 0 Å².